The summed E-state index contributed by atoms with van der Waals surface area (Å²) < 4.78 is 12.6. The lowest BCUT2D eigenvalue weighted by Crippen LogP contribution is -2.50. The smallest absolute Gasteiger partial charge is 0.261 e. The summed E-state index contributed by atoms with van der Waals surface area (Å²) in [5.41, 5.74) is 1.71. The van der Waals surface area contributed by atoms with Crippen LogP contribution in [0.2, 0.25) is 0 Å². The van der Waals surface area contributed by atoms with Crippen molar-refractivity contribution in [1.29, 1.82) is 0 Å². The molecule has 1 aliphatic heterocycles. The topological polar surface area (TPSA) is 76.9 Å². The zero-order valence-electron chi connectivity index (χ0n) is 19.9. The van der Waals surface area contributed by atoms with Gasteiger partial charge in [-0.05, 0) is 24.6 Å². The first-order valence-electron chi connectivity index (χ1n) is 11.7. The van der Waals surface area contributed by atoms with E-state index in [1.54, 1.807) is 11.7 Å². The first kappa shape index (κ1) is 24.1. The van der Waals surface area contributed by atoms with Crippen molar-refractivity contribution in [1.82, 2.24) is 19.4 Å². The lowest BCUT2D eigenvalue weighted by atomic mass is 10.1. The molecule has 4 rings (SSSR count). The number of hydrogen-bond donors (Lipinski definition) is 0. The molecule has 0 bridgehead atoms. The van der Waals surface area contributed by atoms with E-state index in [0.29, 0.717) is 56.8 Å². The zero-order chi connectivity index (χ0) is 23.9. The van der Waals surface area contributed by atoms with E-state index >= 15 is 0 Å². The number of methoxy groups -OCH3 is 1. The maximum atomic E-state index is 13.2. The highest BCUT2D eigenvalue weighted by molar-refractivity contribution is 5.78. The molecule has 0 radical (unpaired) electrons. The Morgan fingerprint density at radius 1 is 1.03 bits per heavy atom. The van der Waals surface area contributed by atoms with Crippen LogP contribution in [0.25, 0.3) is 10.9 Å². The van der Waals surface area contributed by atoms with E-state index in [1.807, 2.05) is 59.5 Å². The van der Waals surface area contributed by atoms with Gasteiger partial charge < -0.3 is 14.4 Å². The summed E-state index contributed by atoms with van der Waals surface area (Å²) in [4.78, 5) is 34.7. The molecule has 0 N–H and O–H groups in total. The molecule has 2 aromatic carbocycles. The van der Waals surface area contributed by atoms with Gasteiger partial charge in [0.15, 0.2) is 0 Å². The van der Waals surface area contributed by atoms with E-state index in [9.17, 15) is 9.59 Å². The van der Waals surface area contributed by atoms with Gasteiger partial charge in [0, 0.05) is 33.3 Å². The van der Waals surface area contributed by atoms with Crippen molar-refractivity contribution in [3.05, 3.63) is 76.3 Å². The van der Waals surface area contributed by atoms with Crippen LogP contribution in [0.4, 0.5) is 0 Å². The summed E-state index contributed by atoms with van der Waals surface area (Å²) in [5.74, 6) is 0.732. The van der Waals surface area contributed by atoms with Crippen molar-refractivity contribution < 1.29 is 14.3 Å². The van der Waals surface area contributed by atoms with Crippen molar-refractivity contribution in [2.75, 3.05) is 46.5 Å². The van der Waals surface area contributed by atoms with Gasteiger partial charge in [-0.2, -0.15) is 0 Å². The predicted molar refractivity (Wildman–Crippen MR) is 131 cm³/mol. The van der Waals surface area contributed by atoms with Crippen LogP contribution in [0.1, 0.15) is 24.4 Å². The lowest BCUT2D eigenvalue weighted by molar-refractivity contribution is -0.138. The highest BCUT2D eigenvalue weighted by atomic mass is 16.5. The molecule has 8 heteroatoms. The van der Waals surface area contributed by atoms with Crippen LogP contribution >= 0.6 is 0 Å². The van der Waals surface area contributed by atoms with Gasteiger partial charge in [-0.15, -0.1) is 0 Å². The van der Waals surface area contributed by atoms with E-state index in [2.05, 4.69) is 11.8 Å². The number of amides is 1. The number of rotatable bonds is 9. The van der Waals surface area contributed by atoms with Crippen LogP contribution in [-0.2, 0) is 27.4 Å². The highest BCUT2D eigenvalue weighted by Gasteiger charge is 2.27. The van der Waals surface area contributed by atoms with Crippen molar-refractivity contribution in [2.45, 2.75) is 26.1 Å². The molecule has 8 nitrogen and oxygen atoms in total. The Kier molecular flexibility index (Phi) is 8.05. The summed E-state index contributed by atoms with van der Waals surface area (Å²) in [5, 5.41) is 0.612. The molecule has 0 aliphatic carbocycles. The predicted octanol–water partition coefficient (Wildman–Crippen LogP) is 2.46. The summed E-state index contributed by atoms with van der Waals surface area (Å²) in [6.45, 7) is 6.11. The van der Waals surface area contributed by atoms with Crippen molar-refractivity contribution in [2.24, 2.45) is 0 Å². The summed E-state index contributed by atoms with van der Waals surface area (Å²) in [6, 6.07) is 17.2. The van der Waals surface area contributed by atoms with Gasteiger partial charge >= 0.3 is 0 Å². The van der Waals surface area contributed by atoms with Gasteiger partial charge in [0.2, 0.25) is 5.91 Å². The van der Waals surface area contributed by atoms with E-state index in [4.69, 9.17) is 14.5 Å². The summed E-state index contributed by atoms with van der Waals surface area (Å²) >= 11 is 0. The van der Waals surface area contributed by atoms with E-state index in [0.717, 1.165) is 11.4 Å². The fourth-order valence-corrected chi connectivity index (χ4v) is 4.35. The molecule has 2 heterocycles. The molecule has 180 valence electrons. The third kappa shape index (κ3) is 5.52. The van der Waals surface area contributed by atoms with Gasteiger partial charge in [-0.3, -0.25) is 19.1 Å². The Hall–Kier alpha value is -3.07. The average molecular weight is 465 g/mol. The second-order valence-electron chi connectivity index (χ2n) is 8.51. The number of benzene rings is 2. The van der Waals surface area contributed by atoms with Gasteiger partial charge in [-0.25, -0.2) is 4.98 Å². The van der Waals surface area contributed by atoms with Crippen LogP contribution < -0.4 is 5.56 Å². The number of nitrogens with zero attached hydrogens (tertiary/aromatic N) is 4. The van der Waals surface area contributed by atoms with Gasteiger partial charge in [-0.1, -0.05) is 42.5 Å². The minimum Gasteiger partial charge on any atom is -0.383 e. The normalized spacial score (nSPS) is 15.5. The maximum Gasteiger partial charge on any atom is 0.261 e. The molecule has 1 aliphatic rings. The number of ether oxygens (including phenoxy) is 2. The third-order valence-electron chi connectivity index (χ3n) is 6.34. The first-order valence-corrected chi connectivity index (χ1v) is 11.7. The molecule has 3 aromatic rings. The Bertz CT molecular complexity index is 1160. The number of aromatic nitrogens is 2. The quantitative estimate of drug-likeness (QED) is 0.484. The number of fused-ring (bicyclic) bond motifs is 1. The molecule has 34 heavy (non-hydrogen) atoms. The number of hydrogen-bond acceptors (Lipinski definition) is 6. The minimum absolute atomic E-state index is 0.00377. The average Bonchev–Trinajstić information content (AvgIpc) is 2.88. The SMILES string of the molecule is COCCn1c(C(C)N2CCN(C(=O)COCc3ccccc3)CC2)nc2ccccc2c1=O. The highest BCUT2D eigenvalue weighted by Crippen LogP contribution is 2.21. The van der Waals surface area contributed by atoms with E-state index < -0.39 is 0 Å². The monoisotopic (exact) mass is 464 g/mol. The van der Waals surface area contributed by atoms with Gasteiger partial charge in [0.1, 0.15) is 12.4 Å². The third-order valence-corrected chi connectivity index (χ3v) is 6.34. The molecular formula is C26H32N4O4. The van der Waals surface area contributed by atoms with Crippen molar-refractivity contribution >= 4 is 16.8 Å². The molecule has 0 saturated carbocycles. The molecular weight excluding hydrogens is 432 g/mol. The molecule has 1 aromatic heterocycles. The molecule has 0 spiro atoms. The second-order valence-corrected chi connectivity index (χ2v) is 8.51. The largest absolute Gasteiger partial charge is 0.383 e. The van der Waals surface area contributed by atoms with Gasteiger partial charge in [0.25, 0.3) is 5.56 Å². The zero-order valence-corrected chi connectivity index (χ0v) is 19.9. The standard InChI is InChI=1S/C26H32N4O4/c1-20(25-27-23-11-7-6-10-22(23)26(32)30(25)16-17-33-2)28-12-14-29(15-13-28)24(31)19-34-18-21-8-4-3-5-9-21/h3-11,20H,12-19H2,1-2H3. The second kappa shape index (κ2) is 11.4. The molecule has 1 saturated heterocycles. The van der Waals surface area contributed by atoms with Gasteiger partial charge in [0.05, 0.1) is 36.7 Å². The Balaban J connectivity index is 1.39. The molecule has 1 unspecified atom stereocenters. The molecule has 1 atom stereocenters. The number of para-hydroxylation sites is 1. The maximum absolute atomic E-state index is 13.2. The Morgan fingerprint density at radius 2 is 1.74 bits per heavy atom. The number of carbonyl (C=O) groups is 1. The van der Waals surface area contributed by atoms with E-state index in [1.165, 1.54) is 0 Å². The van der Waals surface area contributed by atoms with Crippen LogP contribution in [0, 0.1) is 0 Å². The van der Waals surface area contributed by atoms with Crippen LogP contribution in [0.15, 0.2) is 59.4 Å². The van der Waals surface area contributed by atoms with Crippen LogP contribution in [-0.4, -0.2) is 71.8 Å². The van der Waals surface area contributed by atoms with Crippen LogP contribution in [0.5, 0.6) is 0 Å². The van der Waals surface area contributed by atoms with Crippen LogP contribution in [0.3, 0.4) is 0 Å². The molecule has 1 amide bonds. The Morgan fingerprint density at radius 3 is 2.47 bits per heavy atom. The Labute approximate surface area is 199 Å². The number of carbonyl (C=O) groups excluding carboxylic acids is 1. The lowest BCUT2D eigenvalue weighted by Gasteiger charge is -2.38. The van der Waals surface area contributed by atoms with E-state index in [-0.39, 0.29) is 24.1 Å². The summed E-state index contributed by atoms with van der Waals surface area (Å²) in [7, 11) is 1.63. The minimum atomic E-state index is -0.0688. The fourth-order valence-electron chi connectivity index (χ4n) is 4.35. The van der Waals surface area contributed by atoms with Crippen molar-refractivity contribution in [3.8, 4) is 0 Å². The summed E-state index contributed by atoms with van der Waals surface area (Å²) in [6.07, 6.45) is 0. The molecule has 1 fully saturated rings. The number of piperazine rings is 1. The first-order chi connectivity index (χ1) is 16.6. The fraction of sp³-hybridized carbons (Fsp3) is 0.423. The van der Waals surface area contributed by atoms with Crippen molar-refractivity contribution in [3.63, 3.8) is 0 Å².